The van der Waals surface area contributed by atoms with Gasteiger partial charge in [-0.2, -0.15) is 0 Å². The summed E-state index contributed by atoms with van der Waals surface area (Å²) in [6.07, 6.45) is -1.45. The average molecular weight is 361 g/mol. The zero-order chi connectivity index (χ0) is 18.4. The summed E-state index contributed by atoms with van der Waals surface area (Å²) in [6, 6.07) is -0.533. The van der Waals surface area contributed by atoms with E-state index in [0.717, 1.165) is 11.8 Å². The molecule has 9 nitrogen and oxygen atoms in total. The van der Waals surface area contributed by atoms with Crippen LogP contribution in [0.5, 0.6) is 0 Å². The monoisotopic (exact) mass is 361 g/mol. The van der Waals surface area contributed by atoms with Gasteiger partial charge in [-0.05, 0) is 0 Å². The number of nitrogens with two attached hydrogens (primary N) is 1. The molecular formula is C14H23N3O6S. The van der Waals surface area contributed by atoms with Gasteiger partial charge >= 0.3 is 11.9 Å². The Hall–Kier alpha value is -1.81. The summed E-state index contributed by atoms with van der Waals surface area (Å²) in [5.41, 5.74) is 4.76. The molecule has 1 rings (SSSR count). The molecule has 0 bridgehead atoms. The molecule has 0 spiro atoms. The van der Waals surface area contributed by atoms with Crippen molar-refractivity contribution in [3.63, 3.8) is 0 Å². The standard InChI is InChI=1S/C14H23N3O6S/c1-6-11(17-7(2)18)13(24-14(15)16)23-10(5-21-8(3)19)12(6)22-9(4)20/h6,10-13H,5H2,1-4H3,(H3,15,16)(H,17,18). The lowest BCUT2D eigenvalue weighted by Gasteiger charge is -2.44. The number of esters is 2. The third-order valence-electron chi connectivity index (χ3n) is 3.42. The van der Waals surface area contributed by atoms with E-state index in [1.165, 1.54) is 20.8 Å². The Labute approximate surface area is 144 Å². The van der Waals surface area contributed by atoms with E-state index in [4.69, 9.17) is 25.4 Å². The normalized spacial score (nSPS) is 29.4. The molecule has 5 atom stereocenters. The lowest BCUT2D eigenvalue weighted by Crippen LogP contribution is -2.60. The fraction of sp³-hybridized carbons (Fsp3) is 0.714. The van der Waals surface area contributed by atoms with Gasteiger partial charge in [0.2, 0.25) is 5.91 Å². The highest BCUT2D eigenvalue weighted by atomic mass is 32.2. The summed E-state index contributed by atoms with van der Waals surface area (Å²) in [6.45, 7) is 5.55. The van der Waals surface area contributed by atoms with Gasteiger partial charge in [0.05, 0.1) is 6.04 Å². The zero-order valence-electron chi connectivity index (χ0n) is 14.0. The average Bonchev–Trinajstić information content (AvgIpc) is 2.42. The zero-order valence-corrected chi connectivity index (χ0v) is 14.8. The van der Waals surface area contributed by atoms with E-state index < -0.39 is 35.6 Å². The number of ether oxygens (including phenoxy) is 3. The number of hydrogen-bond acceptors (Lipinski definition) is 8. The van der Waals surface area contributed by atoms with Gasteiger partial charge in [0, 0.05) is 26.7 Å². The maximum absolute atomic E-state index is 11.5. The second kappa shape index (κ2) is 8.88. The molecule has 4 N–H and O–H groups in total. The minimum atomic E-state index is -0.727. The summed E-state index contributed by atoms with van der Waals surface area (Å²) in [4.78, 5) is 33.9. The van der Waals surface area contributed by atoms with Gasteiger partial charge in [-0.3, -0.25) is 19.8 Å². The van der Waals surface area contributed by atoms with Crippen LogP contribution in [0, 0.1) is 11.3 Å². The number of carbonyl (C=O) groups excluding carboxylic acids is 3. The van der Waals surface area contributed by atoms with Gasteiger partial charge in [0.15, 0.2) is 5.17 Å². The van der Waals surface area contributed by atoms with Crippen molar-refractivity contribution >= 4 is 34.8 Å². The van der Waals surface area contributed by atoms with E-state index in [1.807, 2.05) is 0 Å². The fourth-order valence-corrected chi connectivity index (χ4v) is 3.41. The van der Waals surface area contributed by atoms with Crippen LogP contribution in [0.1, 0.15) is 27.7 Å². The van der Waals surface area contributed by atoms with Crippen molar-refractivity contribution < 1.29 is 28.6 Å². The molecule has 1 amide bonds. The predicted molar refractivity (Wildman–Crippen MR) is 87.1 cm³/mol. The molecule has 0 aromatic rings. The molecule has 1 aliphatic rings. The highest BCUT2D eigenvalue weighted by molar-refractivity contribution is 8.14. The van der Waals surface area contributed by atoms with Crippen LogP contribution >= 0.6 is 11.8 Å². The Morgan fingerprint density at radius 2 is 1.88 bits per heavy atom. The second-order valence-electron chi connectivity index (χ2n) is 5.49. The van der Waals surface area contributed by atoms with Crippen molar-refractivity contribution in [2.45, 2.75) is 51.4 Å². The first kappa shape index (κ1) is 20.2. The Bertz CT molecular complexity index is 513. The summed E-state index contributed by atoms with van der Waals surface area (Å²) < 4.78 is 16.1. The molecule has 10 heteroatoms. The van der Waals surface area contributed by atoms with Crippen molar-refractivity contribution in [3.05, 3.63) is 0 Å². The maximum atomic E-state index is 11.5. The van der Waals surface area contributed by atoms with Crippen LogP contribution in [0.3, 0.4) is 0 Å². The quantitative estimate of drug-likeness (QED) is 0.352. The van der Waals surface area contributed by atoms with Crippen LogP contribution < -0.4 is 11.1 Å². The number of carbonyl (C=O) groups is 3. The van der Waals surface area contributed by atoms with Crippen LogP contribution in [0.25, 0.3) is 0 Å². The first-order chi connectivity index (χ1) is 11.1. The molecule has 0 radical (unpaired) electrons. The summed E-state index contributed by atoms with van der Waals surface area (Å²) in [5, 5.41) is 10.0. The first-order valence-electron chi connectivity index (χ1n) is 7.35. The van der Waals surface area contributed by atoms with Crippen molar-refractivity contribution in [2.75, 3.05) is 6.61 Å². The van der Waals surface area contributed by atoms with Gasteiger partial charge in [0.1, 0.15) is 24.3 Å². The highest BCUT2D eigenvalue weighted by Gasteiger charge is 2.46. The molecule has 0 saturated carbocycles. The lowest BCUT2D eigenvalue weighted by molar-refractivity contribution is -0.187. The van der Waals surface area contributed by atoms with Crippen LogP contribution in [0.2, 0.25) is 0 Å². The van der Waals surface area contributed by atoms with E-state index in [-0.39, 0.29) is 23.6 Å². The summed E-state index contributed by atoms with van der Waals surface area (Å²) in [7, 11) is 0. The predicted octanol–water partition coefficient (Wildman–Crippen LogP) is -0.0264. The number of thioether (sulfide) groups is 1. The van der Waals surface area contributed by atoms with Gasteiger partial charge in [0.25, 0.3) is 0 Å². The minimum Gasteiger partial charge on any atom is -0.463 e. The Morgan fingerprint density at radius 3 is 2.33 bits per heavy atom. The van der Waals surface area contributed by atoms with Crippen molar-refractivity contribution in [1.29, 1.82) is 5.41 Å². The van der Waals surface area contributed by atoms with Crippen LogP contribution in [-0.2, 0) is 28.6 Å². The molecule has 5 unspecified atom stereocenters. The highest BCUT2D eigenvalue weighted by Crippen LogP contribution is 2.33. The molecular weight excluding hydrogens is 338 g/mol. The van der Waals surface area contributed by atoms with Crippen molar-refractivity contribution in [3.8, 4) is 0 Å². The number of hydrogen-bond donors (Lipinski definition) is 3. The smallest absolute Gasteiger partial charge is 0.303 e. The van der Waals surface area contributed by atoms with E-state index >= 15 is 0 Å². The summed E-state index contributed by atoms with van der Waals surface area (Å²) >= 11 is 0.931. The Morgan fingerprint density at radius 1 is 1.25 bits per heavy atom. The fourth-order valence-electron chi connectivity index (χ4n) is 2.49. The van der Waals surface area contributed by atoms with Crippen LogP contribution in [0.4, 0.5) is 0 Å². The van der Waals surface area contributed by atoms with E-state index in [9.17, 15) is 14.4 Å². The van der Waals surface area contributed by atoms with Crippen molar-refractivity contribution in [2.24, 2.45) is 11.7 Å². The minimum absolute atomic E-state index is 0.112. The SMILES string of the molecule is CC(=O)NC1C(SC(=N)N)OC(COC(C)=O)C(OC(C)=O)C1C. The Balaban J connectivity index is 3.04. The number of amidine groups is 1. The van der Waals surface area contributed by atoms with Gasteiger partial charge in [-0.1, -0.05) is 18.7 Å². The molecule has 0 aliphatic carbocycles. The Kier molecular flexibility index (Phi) is 7.49. The third-order valence-corrected chi connectivity index (χ3v) is 4.31. The molecule has 0 aromatic heterocycles. The molecule has 24 heavy (non-hydrogen) atoms. The van der Waals surface area contributed by atoms with Crippen molar-refractivity contribution in [1.82, 2.24) is 5.32 Å². The molecule has 136 valence electrons. The molecule has 1 aliphatic heterocycles. The maximum Gasteiger partial charge on any atom is 0.303 e. The topological polar surface area (TPSA) is 141 Å². The second-order valence-corrected chi connectivity index (χ2v) is 6.63. The third kappa shape index (κ3) is 6.00. The van der Waals surface area contributed by atoms with Crippen LogP contribution in [-0.4, -0.2) is 53.3 Å². The van der Waals surface area contributed by atoms with E-state index in [2.05, 4.69) is 5.32 Å². The largest absolute Gasteiger partial charge is 0.463 e. The molecule has 1 heterocycles. The van der Waals surface area contributed by atoms with Gasteiger partial charge < -0.3 is 25.3 Å². The number of rotatable bonds is 5. The lowest BCUT2D eigenvalue weighted by atomic mass is 9.89. The van der Waals surface area contributed by atoms with E-state index in [0.29, 0.717) is 0 Å². The molecule has 1 saturated heterocycles. The summed E-state index contributed by atoms with van der Waals surface area (Å²) in [5.74, 6) is -1.64. The number of nitrogens with one attached hydrogen (secondary N) is 2. The van der Waals surface area contributed by atoms with Gasteiger partial charge in [-0.25, -0.2) is 0 Å². The van der Waals surface area contributed by atoms with Gasteiger partial charge in [-0.15, -0.1) is 0 Å². The molecule has 0 aromatic carbocycles. The number of amides is 1. The molecule has 1 fully saturated rings. The van der Waals surface area contributed by atoms with Crippen LogP contribution in [0.15, 0.2) is 0 Å². The van der Waals surface area contributed by atoms with E-state index in [1.54, 1.807) is 6.92 Å². The first-order valence-corrected chi connectivity index (χ1v) is 8.23.